The molecule has 1 N–H and O–H groups in total. The molecule has 0 bridgehead atoms. The maximum atomic E-state index is 12.4. The van der Waals surface area contributed by atoms with Crippen LogP contribution in [0.1, 0.15) is 35.7 Å². The van der Waals surface area contributed by atoms with E-state index in [0.717, 1.165) is 25.6 Å². The topological polar surface area (TPSA) is 84.4 Å². The molecule has 1 fully saturated rings. The lowest BCUT2D eigenvalue weighted by Gasteiger charge is -2.30. The zero-order valence-corrected chi connectivity index (χ0v) is 17.6. The maximum absolute atomic E-state index is 12.4. The van der Waals surface area contributed by atoms with E-state index in [1.165, 1.54) is 48.6 Å². The fourth-order valence-corrected chi connectivity index (χ4v) is 4.70. The van der Waals surface area contributed by atoms with Crippen LogP contribution in [0, 0.1) is 5.92 Å². The molecule has 1 amide bonds. The Morgan fingerprint density at radius 3 is 2.82 bits per heavy atom. The molecule has 0 saturated carbocycles. The smallest absolute Gasteiger partial charge is 0.316 e. The van der Waals surface area contributed by atoms with Gasteiger partial charge >= 0.3 is 5.97 Å². The van der Waals surface area contributed by atoms with Crippen LogP contribution in [0.3, 0.4) is 0 Å². The van der Waals surface area contributed by atoms with Crippen LogP contribution in [-0.2, 0) is 16.1 Å². The molecule has 9 heteroatoms. The molecule has 1 aromatic carbocycles. The van der Waals surface area contributed by atoms with E-state index in [2.05, 4.69) is 32.1 Å². The van der Waals surface area contributed by atoms with Crippen LogP contribution in [0.5, 0.6) is 0 Å². The molecule has 0 aliphatic carbocycles. The largest absolute Gasteiger partial charge is 0.468 e. The molecule has 1 aliphatic rings. The highest BCUT2D eigenvalue weighted by molar-refractivity contribution is 8.01. The molecule has 0 unspecified atom stereocenters. The van der Waals surface area contributed by atoms with E-state index in [4.69, 9.17) is 0 Å². The fraction of sp³-hybridized carbons (Fsp3) is 0.474. The summed E-state index contributed by atoms with van der Waals surface area (Å²) in [5, 5.41) is 11.1. The Morgan fingerprint density at radius 2 is 2.11 bits per heavy atom. The van der Waals surface area contributed by atoms with E-state index in [-0.39, 0.29) is 17.6 Å². The number of piperidine rings is 1. The van der Waals surface area contributed by atoms with Crippen LogP contribution in [0.4, 0.5) is 5.13 Å². The monoisotopic (exact) mass is 420 g/mol. The molecule has 150 valence electrons. The van der Waals surface area contributed by atoms with Gasteiger partial charge in [-0.2, -0.15) is 0 Å². The van der Waals surface area contributed by atoms with Crippen LogP contribution in [0.25, 0.3) is 0 Å². The van der Waals surface area contributed by atoms with Crippen molar-refractivity contribution in [3.05, 3.63) is 35.4 Å². The van der Waals surface area contributed by atoms with Crippen LogP contribution in [-0.4, -0.2) is 52.9 Å². The normalized spacial score (nSPS) is 17.3. The predicted molar refractivity (Wildman–Crippen MR) is 111 cm³/mol. The number of amides is 1. The van der Waals surface area contributed by atoms with Crippen molar-refractivity contribution < 1.29 is 14.3 Å². The molecule has 1 atom stereocenters. The number of esters is 1. The van der Waals surface area contributed by atoms with Crippen molar-refractivity contribution in [1.29, 1.82) is 0 Å². The first-order chi connectivity index (χ1) is 13.5. The van der Waals surface area contributed by atoms with Gasteiger partial charge < -0.3 is 4.74 Å². The Bertz CT molecular complexity index is 810. The highest BCUT2D eigenvalue weighted by Crippen LogP contribution is 2.26. The minimum Gasteiger partial charge on any atom is -0.468 e. The van der Waals surface area contributed by atoms with E-state index in [0.29, 0.717) is 15.0 Å². The van der Waals surface area contributed by atoms with Gasteiger partial charge in [-0.05, 0) is 43.0 Å². The fourth-order valence-electron chi connectivity index (χ4n) is 3.12. The number of methoxy groups -OCH3 is 1. The van der Waals surface area contributed by atoms with E-state index in [1.54, 1.807) is 0 Å². The highest BCUT2D eigenvalue weighted by atomic mass is 32.2. The van der Waals surface area contributed by atoms with Gasteiger partial charge in [-0.1, -0.05) is 42.2 Å². The van der Waals surface area contributed by atoms with Crippen molar-refractivity contribution >= 4 is 40.1 Å². The maximum Gasteiger partial charge on any atom is 0.316 e. The lowest BCUT2D eigenvalue weighted by Crippen LogP contribution is -2.33. The zero-order chi connectivity index (χ0) is 19.9. The van der Waals surface area contributed by atoms with Crippen molar-refractivity contribution in [2.24, 2.45) is 5.92 Å². The molecule has 1 saturated heterocycles. The van der Waals surface area contributed by atoms with Gasteiger partial charge in [0, 0.05) is 18.7 Å². The Kier molecular flexibility index (Phi) is 7.41. The zero-order valence-electron chi connectivity index (χ0n) is 16.0. The lowest BCUT2D eigenvalue weighted by atomic mass is 9.99. The number of anilines is 1. The van der Waals surface area contributed by atoms with Gasteiger partial charge in [0.2, 0.25) is 5.13 Å². The number of benzene rings is 1. The average Bonchev–Trinajstić information content (AvgIpc) is 3.14. The summed E-state index contributed by atoms with van der Waals surface area (Å²) in [5.41, 5.74) is 1.79. The van der Waals surface area contributed by atoms with E-state index < -0.39 is 0 Å². The minimum absolute atomic E-state index is 0.163. The van der Waals surface area contributed by atoms with Crippen LogP contribution in [0.15, 0.2) is 28.6 Å². The number of thioether (sulfide) groups is 1. The van der Waals surface area contributed by atoms with Crippen LogP contribution >= 0.6 is 23.1 Å². The molecule has 7 nitrogen and oxygen atoms in total. The molecule has 1 aliphatic heterocycles. The van der Waals surface area contributed by atoms with Gasteiger partial charge in [0.25, 0.3) is 5.91 Å². The summed E-state index contributed by atoms with van der Waals surface area (Å²) in [4.78, 5) is 26.1. The number of nitrogens with one attached hydrogen (secondary N) is 1. The predicted octanol–water partition coefficient (Wildman–Crippen LogP) is 3.29. The van der Waals surface area contributed by atoms with Gasteiger partial charge in [-0.25, -0.2) is 0 Å². The van der Waals surface area contributed by atoms with Crippen molar-refractivity contribution in [3.8, 4) is 0 Å². The number of carbonyl (C=O) groups is 2. The third-order valence-electron chi connectivity index (χ3n) is 4.53. The van der Waals surface area contributed by atoms with Crippen molar-refractivity contribution in [2.75, 3.05) is 31.3 Å². The quantitative estimate of drug-likeness (QED) is 0.418. The minimum atomic E-state index is -0.329. The van der Waals surface area contributed by atoms with Gasteiger partial charge in [0.05, 0.1) is 12.9 Å². The Balaban J connectivity index is 1.52. The van der Waals surface area contributed by atoms with Gasteiger partial charge in [-0.15, -0.1) is 10.2 Å². The first-order valence-corrected chi connectivity index (χ1v) is 11.0. The van der Waals surface area contributed by atoms with Gasteiger partial charge in [0.1, 0.15) is 0 Å². The van der Waals surface area contributed by atoms with Crippen molar-refractivity contribution in [1.82, 2.24) is 15.1 Å². The number of nitrogens with zero attached hydrogens (tertiary/aromatic N) is 3. The van der Waals surface area contributed by atoms with Crippen LogP contribution in [0.2, 0.25) is 0 Å². The first kappa shape index (κ1) is 20.8. The molecular weight excluding hydrogens is 396 g/mol. The van der Waals surface area contributed by atoms with Gasteiger partial charge in [-0.3, -0.25) is 19.8 Å². The number of aromatic nitrogens is 2. The molecule has 28 heavy (non-hydrogen) atoms. The van der Waals surface area contributed by atoms with Crippen LogP contribution < -0.4 is 5.32 Å². The summed E-state index contributed by atoms with van der Waals surface area (Å²) in [6.45, 7) is 5.49. The molecule has 0 spiro atoms. The lowest BCUT2D eigenvalue weighted by molar-refractivity contribution is -0.137. The number of hydrogen-bond donors (Lipinski definition) is 1. The number of carbonyl (C=O) groups excluding carboxylic acids is 2. The number of ether oxygens (including phenoxy) is 1. The Labute approximate surface area is 172 Å². The third kappa shape index (κ3) is 6.02. The second-order valence-electron chi connectivity index (χ2n) is 6.87. The highest BCUT2D eigenvalue weighted by Gasteiger charge is 2.17. The summed E-state index contributed by atoms with van der Waals surface area (Å²) in [5.74, 6) is 0.362. The van der Waals surface area contributed by atoms with Crippen molar-refractivity contribution in [2.45, 2.75) is 30.6 Å². The third-order valence-corrected chi connectivity index (χ3v) is 6.48. The molecule has 2 heterocycles. The van der Waals surface area contributed by atoms with E-state index in [1.807, 2.05) is 24.3 Å². The first-order valence-electron chi connectivity index (χ1n) is 9.19. The standard InChI is InChI=1S/C19H24N4O3S2/c1-13-4-3-9-23(10-13)11-14-5-7-15(8-6-14)17(25)20-18-21-22-19(28-18)27-12-16(24)26-2/h5-8,13H,3-4,9-12H2,1-2H3,(H,20,21,25)/t13-/m0/s1. The summed E-state index contributed by atoms with van der Waals surface area (Å²) in [7, 11) is 1.34. The van der Waals surface area contributed by atoms with E-state index in [9.17, 15) is 9.59 Å². The summed E-state index contributed by atoms with van der Waals surface area (Å²) in [6, 6.07) is 7.69. The number of likely N-dealkylation sites (tertiary alicyclic amines) is 1. The Morgan fingerprint density at radius 1 is 1.32 bits per heavy atom. The second kappa shape index (κ2) is 9.99. The SMILES string of the molecule is COC(=O)CSc1nnc(NC(=O)c2ccc(CN3CCC[C@H](C)C3)cc2)s1. The number of hydrogen-bond acceptors (Lipinski definition) is 8. The summed E-state index contributed by atoms with van der Waals surface area (Å²) < 4.78 is 5.19. The summed E-state index contributed by atoms with van der Waals surface area (Å²) >= 11 is 2.46. The molecule has 0 radical (unpaired) electrons. The molecule has 3 rings (SSSR count). The molecule has 1 aromatic heterocycles. The molecular formula is C19H24N4O3S2. The Hall–Kier alpha value is -1.97. The van der Waals surface area contributed by atoms with Gasteiger partial charge in [0.15, 0.2) is 4.34 Å². The average molecular weight is 421 g/mol. The summed E-state index contributed by atoms with van der Waals surface area (Å²) in [6.07, 6.45) is 2.56. The second-order valence-corrected chi connectivity index (χ2v) is 9.07. The van der Waals surface area contributed by atoms with E-state index >= 15 is 0 Å². The number of rotatable bonds is 7. The molecule has 2 aromatic rings. The van der Waals surface area contributed by atoms with Crippen molar-refractivity contribution in [3.63, 3.8) is 0 Å².